The molecular weight excluding hydrogens is 432 g/mol. The van der Waals surface area contributed by atoms with Gasteiger partial charge in [-0.2, -0.15) is 0 Å². The number of esters is 1. The van der Waals surface area contributed by atoms with Crippen LogP contribution in [0.1, 0.15) is 16.1 Å². The average molecular weight is 449 g/mol. The van der Waals surface area contributed by atoms with Crippen molar-refractivity contribution >= 4 is 39.2 Å². The van der Waals surface area contributed by atoms with Crippen LogP contribution in [0.15, 0.2) is 76.2 Å². The van der Waals surface area contributed by atoms with E-state index >= 15 is 0 Å². The molecule has 0 unspecified atom stereocenters. The second-order valence-corrected chi connectivity index (χ2v) is 8.27. The van der Waals surface area contributed by atoms with Gasteiger partial charge in [0.15, 0.2) is 6.61 Å². The zero-order chi connectivity index (χ0) is 21.6. The highest BCUT2D eigenvalue weighted by atomic mass is 35.5. The molecule has 1 amide bonds. The predicted molar refractivity (Wildman–Crippen MR) is 110 cm³/mol. The minimum atomic E-state index is -3.78. The predicted octanol–water partition coefficient (Wildman–Crippen LogP) is 3.21. The SMILES string of the molecule is O=C(COC(=O)c1ccc(S(=O)(=O)NCc2ccco2)cc1)Nc1cccc(Cl)c1. The maximum Gasteiger partial charge on any atom is 0.338 e. The van der Waals surface area contributed by atoms with Gasteiger partial charge in [0.25, 0.3) is 5.91 Å². The molecule has 3 rings (SSSR count). The molecule has 0 saturated carbocycles. The molecule has 0 radical (unpaired) electrons. The van der Waals surface area contributed by atoms with Gasteiger partial charge in [-0.15, -0.1) is 0 Å². The van der Waals surface area contributed by atoms with Crippen LogP contribution < -0.4 is 10.0 Å². The number of carbonyl (C=O) groups excluding carboxylic acids is 2. The quantitative estimate of drug-likeness (QED) is 0.511. The number of halogens is 1. The molecule has 0 aliphatic carbocycles. The molecule has 3 aromatic rings. The number of sulfonamides is 1. The van der Waals surface area contributed by atoms with Crippen LogP contribution in [0.4, 0.5) is 5.69 Å². The zero-order valence-electron chi connectivity index (χ0n) is 15.5. The molecule has 0 spiro atoms. The van der Waals surface area contributed by atoms with E-state index in [0.717, 1.165) is 0 Å². The Morgan fingerprint density at radius 2 is 1.80 bits per heavy atom. The monoisotopic (exact) mass is 448 g/mol. The van der Waals surface area contributed by atoms with E-state index in [9.17, 15) is 18.0 Å². The molecule has 0 aliphatic rings. The van der Waals surface area contributed by atoms with Gasteiger partial charge in [0, 0.05) is 10.7 Å². The lowest BCUT2D eigenvalue weighted by atomic mass is 10.2. The van der Waals surface area contributed by atoms with Gasteiger partial charge in [0.05, 0.1) is 23.3 Å². The Hall–Kier alpha value is -3.14. The van der Waals surface area contributed by atoms with Crippen LogP contribution in [0.25, 0.3) is 0 Å². The van der Waals surface area contributed by atoms with Crippen LogP contribution >= 0.6 is 11.6 Å². The number of anilines is 1. The van der Waals surface area contributed by atoms with Gasteiger partial charge in [-0.3, -0.25) is 4.79 Å². The largest absolute Gasteiger partial charge is 0.468 e. The summed E-state index contributed by atoms with van der Waals surface area (Å²) in [4.78, 5) is 24.0. The highest BCUT2D eigenvalue weighted by Gasteiger charge is 2.16. The van der Waals surface area contributed by atoms with Crippen molar-refractivity contribution < 1.29 is 27.2 Å². The molecule has 1 heterocycles. The van der Waals surface area contributed by atoms with Crippen molar-refractivity contribution in [2.75, 3.05) is 11.9 Å². The zero-order valence-corrected chi connectivity index (χ0v) is 17.1. The molecule has 1 aromatic heterocycles. The van der Waals surface area contributed by atoms with Crippen molar-refractivity contribution in [3.63, 3.8) is 0 Å². The van der Waals surface area contributed by atoms with E-state index in [2.05, 4.69) is 10.0 Å². The molecule has 30 heavy (non-hydrogen) atoms. The lowest BCUT2D eigenvalue weighted by molar-refractivity contribution is -0.119. The number of hydrogen-bond donors (Lipinski definition) is 2. The van der Waals surface area contributed by atoms with Crippen LogP contribution in [0.3, 0.4) is 0 Å². The first-order chi connectivity index (χ1) is 14.3. The third-order valence-corrected chi connectivity index (χ3v) is 5.51. The maximum absolute atomic E-state index is 12.3. The molecular formula is C20H17ClN2O6S. The van der Waals surface area contributed by atoms with Gasteiger partial charge in [-0.25, -0.2) is 17.9 Å². The van der Waals surface area contributed by atoms with E-state index in [1.54, 1.807) is 36.4 Å². The van der Waals surface area contributed by atoms with Crippen molar-refractivity contribution in [2.45, 2.75) is 11.4 Å². The molecule has 0 aliphatic heterocycles. The second kappa shape index (κ2) is 9.57. The summed E-state index contributed by atoms with van der Waals surface area (Å²) in [6.45, 7) is -0.503. The summed E-state index contributed by atoms with van der Waals surface area (Å²) in [5.41, 5.74) is 0.579. The number of furan rings is 1. The maximum atomic E-state index is 12.3. The van der Waals surface area contributed by atoms with Crippen LogP contribution in [-0.2, 0) is 26.1 Å². The summed E-state index contributed by atoms with van der Waals surface area (Å²) in [5, 5.41) is 3.01. The standard InChI is InChI=1S/C20H17ClN2O6S/c21-15-3-1-4-16(11-15)23-19(24)13-29-20(25)14-6-8-18(9-7-14)30(26,27)22-12-17-5-2-10-28-17/h1-11,22H,12-13H2,(H,23,24). The van der Waals surface area contributed by atoms with Gasteiger partial charge in [0.2, 0.25) is 10.0 Å². The molecule has 0 saturated heterocycles. The van der Waals surface area contributed by atoms with E-state index in [1.807, 2.05) is 0 Å². The number of nitrogens with one attached hydrogen (secondary N) is 2. The van der Waals surface area contributed by atoms with Crippen molar-refractivity contribution in [3.05, 3.63) is 83.3 Å². The Kier molecular flexibility index (Phi) is 6.88. The molecule has 156 valence electrons. The van der Waals surface area contributed by atoms with E-state index in [0.29, 0.717) is 16.5 Å². The first-order valence-corrected chi connectivity index (χ1v) is 10.5. The summed E-state index contributed by atoms with van der Waals surface area (Å²) in [6.07, 6.45) is 1.44. The van der Waals surface area contributed by atoms with Crippen LogP contribution in [0.2, 0.25) is 5.02 Å². The fourth-order valence-corrected chi connectivity index (χ4v) is 3.59. The minimum Gasteiger partial charge on any atom is -0.468 e. The topological polar surface area (TPSA) is 115 Å². The molecule has 0 atom stereocenters. The highest BCUT2D eigenvalue weighted by Crippen LogP contribution is 2.15. The Labute approximate surface area is 177 Å². The lowest BCUT2D eigenvalue weighted by Gasteiger charge is -2.08. The first kappa shape index (κ1) is 21.6. The number of hydrogen-bond acceptors (Lipinski definition) is 6. The summed E-state index contributed by atoms with van der Waals surface area (Å²) in [6, 6.07) is 15.0. The van der Waals surface area contributed by atoms with Gasteiger partial charge >= 0.3 is 5.97 Å². The fourth-order valence-electron chi connectivity index (χ4n) is 2.41. The van der Waals surface area contributed by atoms with Gasteiger partial charge < -0.3 is 14.5 Å². The summed E-state index contributed by atoms with van der Waals surface area (Å²) >= 11 is 5.84. The van der Waals surface area contributed by atoms with E-state index < -0.39 is 28.5 Å². The summed E-state index contributed by atoms with van der Waals surface area (Å²) < 4.78 is 37.0. The molecule has 8 nitrogen and oxygen atoms in total. The number of benzene rings is 2. The molecule has 0 bridgehead atoms. The van der Waals surface area contributed by atoms with E-state index in [1.165, 1.54) is 30.5 Å². The Bertz CT molecular complexity index is 1130. The van der Waals surface area contributed by atoms with Crippen molar-refractivity contribution in [2.24, 2.45) is 0 Å². The third kappa shape index (κ3) is 5.93. The van der Waals surface area contributed by atoms with E-state index in [-0.39, 0.29) is 17.0 Å². The normalized spacial score (nSPS) is 11.1. The second-order valence-electron chi connectivity index (χ2n) is 6.06. The number of amides is 1. The van der Waals surface area contributed by atoms with E-state index in [4.69, 9.17) is 20.8 Å². The van der Waals surface area contributed by atoms with Crippen molar-refractivity contribution in [1.82, 2.24) is 4.72 Å². The molecule has 0 fully saturated rings. The lowest BCUT2D eigenvalue weighted by Crippen LogP contribution is -2.23. The Morgan fingerprint density at radius 1 is 1.03 bits per heavy atom. The molecule has 2 N–H and O–H groups in total. The number of ether oxygens (including phenoxy) is 1. The van der Waals surface area contributed by atoms with Gasteiger partial charge in [-0.05, 0) is 54.6 Å². The Morgan fingerprint density at radius 3 is 2.47 bits per heavy atom. The van der Waals surface area contributed by atoms with Gasteiger partial charge in [-0.1, -0.05) is 17.7 Å². The summed E-state index contributed by atoms with van der Waals surface area (Å²) in [5.74, 6) is -0.828. The third-order valence-electron chi connectivity index (χ3n) is 3.86. The summed E-state index contributed by atoms with van der Waals surface area (Å²) in [7, 11) is -3.78. The first-order valence-electron chi connectivity index (χ1n) is 8.68. The van der Waals surface area contributed by atoms with Crippen LogP contribution in [-0.4, -0.2) is 26.9 Å². The minimum absolute atomic E-state index is 0.000858. The Balaban J connectivity index is 1.53. The average Bonchev–Trinajstić information content (AvgIpc) is 3.24. The van der Waals surface area contributed by atoms with Crippen molar-refractivity contribution in [1.29, 1.82) is 0 Å². The van der Waals surface area contributed by atoms with Gasteiger partial charge in [0.1, 0.15) is 5.76 Å². The van der Waals surface area contributed by atoms with Crippen LogP contribution in [0.5, 0.6) is 0 Å². The fraction of sp³-hybridized carbons (Fsp3) is 0.100. The highest BCUT2D eigenvalue weighted by molar-refractivity contribution is 7.89. The molecule has 10 heteroatoms. The molecule has 2 aromatic carbocycles. The van der Waals surface area contributed by atoms with Crippen LogP contribution in [0, 0.1) is 0 Å². The number of rotatable bonds is 8. The smallest absolute Gasteiger partial charge is 0.338 e. The number of carbonyl (C=O) groups is 2. The van der Waals surface area contributed by atoms with Crippen molar-refractivity contribution in [3.8, 4) is 0 Å².